The van der Waals surface area contributed by atoms with Gasteiger partial charge in [-0.25, -0.2) is 0 Å². The van der Waals surface area contributed by atoms with Gasteiger partial charge in [0.1, 0.15) is 30.5 Å². The van der Waals surface area contributed by atoms with Crippen molar-refractivity contribution in [3.05, 3.63) is 114 Å². The zero-order valence-electron chi connectivity index (χ0n) is 20.1. The summed E-state index contributed by atoms with van der Waals surface area (Å²) in [6.07, 6.45) is 0. The number of benzene rings is 4. The molecular weight excluding hydrogens is 450 g/mol. The molecule has 0 saturated carbocycles. The number of carbonyl (C=O) groups is 1. The molecule has 5 aromatic rings. The molecule has 5 heteroatoms. The maximum absolute atomic E-state index is 12.6. The molecule has 0 unspecified atom stereocenters. The molecule has 0 saturated heterocycles. The Labute approximate surface area is 210 Å². The van der Waals surface area contributed by atoms with Crippen molar-refractivity contribution in [2.75, 3.05) is 13.2 Å². The van der Waals surface area contributed by atoms with Crippen molar-refractivity contribution in [2.24, 2.45) is 0 Å². The lowest BCUT2D eigenvalue weighted by Crippen LogP contribution is -2.09. The second-order valence-electron chi connectivity index (χ2n) is 8.43. The number of rotatable bonds is 9. The Hall–Kier alpha value is -4.51. The minimum absolute atomic E-state index is 0.109. The van der Waals surface area contributed by atoms with Crippen molar-refractivity contribution in [2.45, 2.75) is 13.5 Å². The molecule has 36 heavy (non-hydrogen) atoms. The summed E-state index contributed by atoms with van der Waals surface area (Å²) in [5.41, 5.74) is 4.32. The number of phenolic OH excluding ortho intramolecular Hbond substituents is 1. The standard InChI is InChI=1S/C31H27NO4/c1-2-32-28-11-7-6-10-24(28)20-29(32)22-12-14-25(15-13-22)35-18-19-36-26-16-17-27(30(33)21-26)31(34)23-8-4-3-5-9-23/h3-17,20-21,33H,2,18-19H2,1H3. The van der Waals surface area contributed by atoms with E-state index in [9.17, 15) is 9.90 Å². The molecule has 0 aliphatic carbocycles. The normalized spacial score (nSPS) is 10.9. The predicted molar refractivity (Wildman–Crippen MR) is 142 cm³/mol. The maximum atomic E-state index is 12.6. The van der Waals surface area contributed by atoms with E-state index in [1.807, 2.05) is 18.2 Å². The Morgan fingerprint density at radius 3 is 2.17 bits per heavy atom. The highest BCUT2D eigenvalue weighted by molar-refractivity contribution is 6.10. The number of ketones is 1. The van der Waals surface area contributed by atoms with Crippen molar-refractivity contribution in [3.63, 3.8) is 0 Å². The highest BCUT2D eigenvalue weighted by Crippen LogP contribution is 2.30. The summed E-state index contributed by atoms with van der Waals surface area (Å²) in [4.78, 5) is 12.6. The van der Waals surface area contributed by atoms with E-state index in [1.165, 1.54) is 22.7 Å². The van der Waals surface area contributed by atoms with E-state index in [0.717, 1.165) is 17.9 Å². The lowest BCUT2D eigenvalue weighted by Gasteiger charge is -2.11. The van der Waals surface area contributed by atoms with Gasteiger partial charge in [0.2, 0.25) is 0 Å². The molecule has 4 aromatic carbocycles. The molecule has 0 amide bonds. The molecule has 0 fully saturated rings. The van der Waals surface area contributed by atoms with Crippen LogP contribution in [-0.2, 0) is 6.54 Å². The summed E-state index contributed by atoms with van der Waals surface area (Å²) in [6, 6.07) is 32.3. The number of carbonyl (C=O) groups excluding carboxylic acids is 1. The molecule has 0 aliphatic heterocycles. The van der Waals surface area contributed by atoms with Crippen LogP contribution >= 0.6 is 0 Å². The van der Waals surface area contributed by atoms with Crippen LogP contribution in [0, 0.1) is 0 Å². The number of aromatic hydroxyl groups is 1. The monoisotopic (exact) mass is 477 g/mol. The Morgan fingerprint density at radius 2 is 1.44 bits per heavy atom. The number of fused-ring (bicyclic) bond motifs is 1. The second kappa shape index (κ2) is 10.4. The van der Waals surface area contributed by atoms with E-state index >= 15 is 0 Å². The quantitative estimate of drug-likeness (QED) is 0.189. The molecule has 5 rings (SSSR count). The van der Waals surface area contributed by atoms with Crippen LogP contribution in [0.25, 0.3) is 22.2 Å². The average molecular weight is 478 g/mol. The minimum atomic E-state index is -0.231. The number of nitrogens with zero attached hydrogens (tertiary/aromatic N) is 1. The van der Waals surface area contributed by atoms with Crippen molar-refractivity contribution >= 4 is 16.7 Å². The maximum Gasteiger partial charge on any atom is 0.196 e. The molecule has 1 aromatic heterocycles. The van der Waals surface area contributed by atoms with Gasteiger partial charge >= 0.3 is 0 Å². The van der Waals surface area contributed by atoms with Gasteiger partial charge in [0.15, 0.2) is 5.78 Å². The third-order valence-electron chi connectivity index (χ3n) is 6.15. The number of aryl methyl sites for hydroxylation is 1. The first-order chi connectivity index (χ1) is 17.6. The third-order valence-corrected chi connectivity index (χ3v) is 6.15. The van der Waals surface area contributed by atoms with Crippen LogP contribution in [0.3, 0.4) is 0 Å². The van der Waals surface area contributed by atoms with Gasteiger partial charge in [0.25, 0.3) is 0 Å². The zero-order valence-corrected chi connectivity index (χ0v) is 20.1. The summed E-state index contributed by atoms with van der Waals surface area (Å²) in [7, 11) is 0. The Kier molecular flexibility index (Phi) is 6.72. The molecule has 1 heterocycles. The number of hydrogen-bond donors (Lipinski definition) is 1. The smallest absolute Gasteiger partial charge is 0.196 e. The molecule has 0 atom stereocenters. The summed E-state index contributed by atoms with van der Waals surface area (Å²) in [5.74, 6) is 0.893. The highest BCUT2D eigenvalue weighted by atomic mass is 16.5. The Balaban J connectivity index is 1.17. The Morgan fingerprint density at radius 1 is 0.778 bits per heavy atom. The van der Waals surface area contributed by atoms with Crippen LogP contribution < -0.4 is 9.47 Å². The van der Waals surface area contributed by atoms with Crippen molar-refractivity contribution in [1.29, 1.82) is 0 Å². The SMILES string of the molecule is CCn1c(-c2ccc(OCCOc3ccc(C(=O)c4ccccc4)c(O)c3)cc2)cc2ccccc21. The molecular formula is C31H27NO4. The first-order valence-electron chi connectivity index (χ1n) is 12.0. The lowest BCUT2D eigenvalue weighted by molar-refractivity contribution is 0.103. The molecule has 180 valence electrons. The number of hydrogen-bond acceptors (Lipinski definition) is 4. The Bertz CT molecular complexity index is 1490. The van der Waals surface area contributed by atoms with Crippen LogP contribution in [0.4, 0.5) is 0 Å². The number of phenols is 1. The van der Waals surface area contributed by atoms with E-state index in [1.54, 1.807) is 36.4 Å². The van der Waals surface area contributed by atoms with Gasteiger partial charge in [0.05, 0.1) is 5.56 Å². The molecule has 0 radical (unpaired) electrons. The van der Waals surface area contributed by atoms with Gasteiger partial charge < -0.3 is 19.1 Å². The average Bonchev–Trinajstić information content (AvgIpc) is 3.30. The second-order valence-corrected chi connectivity index (χ2v) is 8.43. The van der Waals surface area contributed by atoms with Gasteiger partial charge in [-0.1, -0.05) is 48.5 Å². The topological polar surface area (TPSA) is 60.7 Å². The van der Waals surface area contributed by atoms with E-state index in [4.69, 9.17) is 9.47 Å². The summed E-state index contributed by atoms with van der Waals surface area (Å²) < 4.78 is 13.9. The fraction of sp³-hybridized carbons (Fsp3) is 0.129. The van der Waals surface area contributed by atoms with Crippen LogP contribution in [-0.4, -0.2) is 28.7 Å². The molecule has 0 bridgehead atoms. The van der Waals surface area contributed by atoms with Crippen molar-refractivity contribution in [3.8, 4) is 28.5 Å². The van der Waals surface area contributed by atoms with Crippen molar-refractivity contribution < 1.29 is 19.4 Å². The first-order valence-corrected chi connectivity index (χ1v) is 12.0. The van der Waals surface area contributed by atoms with E-state index in [-0.39, 0.29) is 17.1 Å². The lowest BCUT2D eigenvalue weighted by atomic mass is 10.0. The molecule has 0 spiro atoms. The van der Waals surface area contributed by atoms with Crippen LogP contribution in [0.1, 0.15) is 22.8 Å². The highest BCUT2D eigenvalue weighted by Gasteiger charge is 2.14. The number of ether oxygens (including phenoxy) is 2. The van der Waals surface area contributed by atoms with E-state index < -0.39 is 0 Å². The van der Waals surface area contributed by atoms with E-state index in [0.29, 0.717) is 24.5 Å². The number of aromatic nitrogens is 1. The van der Waals surface area contributed by atoms with Gasteiger partial charge in [-0.3, -0.25) is 4.79 Å². The van der Waals surface area contributed by atoms with Gasteiger partial charge in [0, 0.05) is 34.8 Å². The summed E-state index contributed by atoms with van der Waals surface area (Å²) in [5, 5.41) is 11.6. The third kappa shape index (κ3) is 4.82. The molecule has 5 nitrogen and oxygen atoms in total. The fourth-order valence-corrected chi connectivity index (χ4v) is 4.37. The minimum Gasteiger partial charge on any atom is -0.507 e. The fourth-order valence-electron chi connectivity index (χ4n) is 4.37. The largest absolute Gasteiger partial charge is 0.507 e. The summed E-state index contributed by atoms with van der Waals surface area (Å²) in [6.45, 7) is 3.70. The first kappa shape index (κ1) is 23.2. The predicted octanol–water partition coefficient (Wildman–Crippen LogP) is 6.72. The van der Waals surface area contributed by atoms with Crippen LogP contribution in [0.15, 0.2) is 103 Å². The zero-order chi connectivity index (χ0) is 24.9. The van der Waals surface area contributed by atoms with Crippen molar-refractivity contribution in [1.82, 2.24) is 4.57 Å². The van der Waals surface area contributed by atoms with Gasteiger partial charge in [-0.2, -0.15) is 0 Å². The van der Waals surface area contributed by atoms with Crippen LogP contribution in [0.2, 0.25) is 0 Å². The van der Waals surface area contributed by atoms with Gasteiger partial charge in [-0.15, -0.1) is 0 Å². The van der Waals surface area contributed by atoms with Gasteiger partial charge in [-0.05, 0) is 61.0 Å². The summed E-state index contributed by atoms with van der Waals surface area (Å²) >= 11 is 0. The molecule has 1 N–H and O–H groups in total. The number of para-hydroxylation sites is 1. The van der Waals surface area contributed by atoms with Crippen LogP contribution in [0.5, 0.6) is 17.2 Å². The molecule has 0 aliphatic rings. The van der Waals surface area contributed by atoms with E-state index in [2.05, 4.69) is 54.0 Å².